The third-order valence-corrected chi connectivity index (χ3v) is 2.54. The van der Waals surface area contributed by atoms with Gasteiger partial charge in [0.1, 0.15) is 5.82 Å². The zero-order chi connectivity index (χ0) is 13.8. The number of hydrogen-bond acceptors (Lipinski definition) is 3. The fraction of sp³-hybridized carbons (Fsp3) is 0.154. The quantitative estimate of drug-likeness (QED) is 0.906. The Hall–Kier alpha value is -2.50. The first-order chi connectivity index (χ1) is 9.06. The zero-order valence-corrected chi connectivity index (χ0v) is 9.91. The van der Waals surface area contributed by atoms with E-state index in [1.54, 1.807) is 12.1 Å². The van der Waals surface area contributed by atoms with E-state index < -0.39 is 5.97 Å². The van der Waals surface area contributed by atoms with Gasteiger partial charge in [0.15, 0.2) is 0 Å². The SMILES string of the molecule is O=C(O)CCn1nc(-c2ccc(F)cc2)ccc1=O. The molecule has 2 rings (SSSR count). The van der Waals surface area contributed by atoms with Crippen LogP contribution in [-0.4, -0.2) is 20.9 Å². The van der Waals surface area contributed by atoms with Crippen molar-refractivity contribution in [2.45, 2.75) is 13.0 Å². The average Bonchev–Trinajstić information content (AvgIpc) is 2.39. The highest BCUT2D eigenvalue weighted by atomic mass is 19.1. The summed E-state index contributed by atoms with van der Waals surface area (Å²) >= 11 is 0. The third-order valence-electron chi connectivity index (χ3n) is 2.54. The number of benzene rings is 1. The Morgan fingerprint density at radius 2 is 1.89 bits per heavy atom. The number of carbonyl (C=O) groups is 1. The Kier molecular flexibility index (Phi) is 3.70. The summed E-state index contributed by atoms with van der Waals surface area (Å²) in [6.45, 7) is 0.00318. The van der Waals surface area contributed by atoms with Crippen LogP contribution in [0.2, 0.25) is 0 Å². The molecule has 0 spiro atoms. The Labute approximate surface area is 107 Å². The van der Waals surface area contributed by atoms with E-state index in [4.69, 9.17) is 5.11 Å². The van der Waals surface area contributed by atoms with Crippen molar-refractivity contribution in [1.29, 1.82) is 0 Å². The molecule has 0 saturated carbocycles. The van der Waals surface area contributed by atoms with Gasteiger partial charge in [-0.2, -0.15) is 5.10 Å². The molecular weight excluding hydrogens is 251 g/mol. The summed E-state index contributed by atoms with van der Waals surface area (Å²) in [6.07, 6.45) is -0.181. The predicted octanol–water partition coefficient (Wildman–Crippen LogP) is 1.52. The van der Waals surface area contributed by atoms with Gasteiger partial charge in [-0.25, -0.2) is 9.07 Å². The van der Waals surface area contributed by atoms with Gasteiger partial charge in [-0.3, -0.25) is 9.59 Å². The molecule has 98 valence electrons. The number of nitrogens with zero attached hydrogens (tertiary/aromatic N) is 2. The van der Waals surface area contributed by atoms with Crippen molar-refractivity contribution in [2.24, 2.45) is 0 Å². The molecule has 1 aromatic carbocycles. The Balaban J connectivity index is 2.32. The van der Waals surface area contributed by atoms with Crippen molar-refractivity contribution in [1.82, 2.24) is 9.78 Å². The minimum Gasteiger partial charge on any atom is -0.481 e. The molecule has 19 heavy (non-hydrogen) atoms. The highest BCUT2D eigenvalue weighted by Gasteiger charge is 2.05. The van der Waals surface area contributed by atoms with Crippen molar-refractivity contribution in [3.63, 3.8) is 0 Å². The lowest BCUT2D eigenvalue weighted by Crippen LogP contribution is -2.23. The average molecular weight is 262 g/mol. The molecule has 2 aromatic rings. The van der Waals surface area contributed by atoms with Crippen LogP contribution in [0.5, 0.6) is 0 Å². The van der Waals surface area contributed by atoms with E-state index in [0.29, 0.717) is 11.3 Å². The number of rotatable bonds is 4. The lowest BCUT2D eigenvalue weighted by molar-refractivity contribution is -0.137. The summed E-state index contributed by atoms with van der Waals surface area (Å²) in [5.74, 6) is -1.36. The molecule has 0 saturated heterocycles. The van der Waals surface area contributed by atoms with Gasteiger partial charge in [-0.15, -0.1) is 0 Å². The van der Waals surface area contributed by atoms with Gasteiger partial charge >= 0.3 is 5.97 Å². The van der Waals surface area contributed by atoms with E-state index in [2.05, 4.69) is 5.10 Å². The third kappa shape index (κ3) is 3.25. The van der Waals surface area contributed by atoms with E-state index in [-0.39, 0.29) is 24.3 Å². The van der Waals surface area contributed by atoms with Crippen molar-refractivity contribution in [3.8, 4) is 11.3 Å². The second kappa shape index (κ2) is 5.43. The second-order valence-corrected chi connectivity index (χ2v) is 3.93. The van der Waals surface area contributed by atoms with Crippen molar-refractivity contribution in [3.05, 3.63) is 52.6 Å². The largest absolute Gasteiger partial charge is 0.481 e. The van der Waals surface area contributed by atoms with Gasteiger partial charge < -0.3 is 5.11 Å². The number of aryl methyl sites for hydroxylation is 1. The van der Waals surface area contributed by atoms with Gasteiger partial charge in [0.2, 0.25) is 0 Å². The van der Waals surface area contributed by atoms with Crippen LogP contribution in [0.3, 0.4) is 0 Å². The lowest BCUT2D eigenvalue weighted by Gasteiger charge is -2.05. The van der Waals surface area contributed by atoms with E-state index in [1.807, 2.05) is 0 Å². The molecule has 5 nitrogen and oxygen atoms in total. The summed E-state index contributed by atoms with van der Waals surface area (Å²) in [7, 11) is 0. The van der Waals surface area contributed by atoms with Crippen LogP contribution >= 0.6 is 0 Å². The highest BCUT2D eigenvalue weighted by molar-refractivity contribution is 5.66. The molecule has 6 heteroatoms. The predicted molar refractivity (Wildman–Crippen MR) is 66.1 cm³/mol. The topological polar surface area (TPSA) is 72.2 Å². The van der Waals surface area contributed by atoms with Gasteiger partial charge in [-0.1, -0.05) is 0 Å². The van der Waals surface area contributed by atoms with Gasteiger partial charge in [0, 0.05) is 11.6 Å². The first kappa shape index (κ1) is 12.9. The van der Waals surface area contributed by atoms with Gasteiger partial charge in [0.25, 0.3) is 5.56 Å². The molecule has 1 heterocycles. The first-order valence-corrected chi connectivity index (χ1v) is 5.62. The summed E-state index contributed by atoms with van der Waals surface area (Å²) in [5.41, 5.74) is 0.780. The first-order valence-electron chi connectivity index (χ1n) is 5.62. The molecule has 1 N–H and O–H groups in total. The maximum Gasteiger partial charge on any atom is 0.305 e. The molecule has 0 aliphatic rings. The molecule has 0 fully saturated rings. The van der Waals surface area contributed by atoms with Crippen molar-refractivity contribution in [2.75, 3.05) is 0 Å². The Morgan fingerprint density at radius 3 is 2.53 bits per heavy atom. The Bertz CT molecular complexity index is 650. The van der Waals surface area contributed by atoms with Gasteiger partial charge in [-0.05, 0) is 30.3 Å². The molecule has 0 atom stereocenters. The van der Waals surface area contributed by atoms with Crippen LogP contribution in [0.1, 0.15) is 6.42 Å². The number of hydrogen-bond donors (Lipinski definition) is 1. The summed E-state index contributed by atoms with van der Waals surface area (Å²) in [5, 5.41) is 12.7. The number of halogens is 1. The molecule has 0 unspecified atom stereocenters. The monoisotopic (exact) mass is 262 g/mol. The molecular formula is C13H11FN2O3. The normalized spacial score (nSPS) is 10.4. The van der Waals surface area contributed by atoms with Crippen LogP contribution in [0.4, 0.5) is 4.39 Å². The lowest BCUT2D eigenvalue weighted by atomic mass is 10.1. The van der Waals surface area contributed by atoms with Gasteiger partial charge in [0.05, 0.1) is 18.7 Å². The highest BCUT2D eigenvalue weighted by Crippen LogP contribution is 2.15. The minimum atomic E-state index is -0.999. The van der Waals surface area contributed by atoms with E-state index in [0.717, 1.165) is 4.68 Å². The maximum absolute atomic E-state index is 12.8. The second-order valence-electron chi connectivity index (χ2n) is 3.93. The van der Waals surface area contributed by atoms with Crippen molar-refractivity contribution >= 4 is 5.97 Å². The number of carboxylic acid groups (broad SMARTS) is 1. The van der Waals surface area contributed by atoms with Crippen LogP contribution in [0, 0.1) is 5.82 Å². The van der Waals surface area contributed by atoms with Crippen LogP contribution < -0.4 is 5.56 Å². The maximum atomic E-state index is 12.8. The number of aromatic nitrogens is 2. The molecule has 0 aliphatic heterocycles. The minimum absolute atomic E-state index is 0.00318. The van der Waals surface area contributed by atoms with Crippen LogP contribution in [0.15, 0.2) is 41.2 Å². The standard InChI is InChI=1S/C13H11FN2O3/c14-10-3-1-9(2-4-10)11-5-6-12(17)16(15-11)8-7-13(18)19/h1-6H,7-8H2,(H,18,19). The molecule has 0 amide bonds. The molecule has 1 aromatic heterocycles. The fourth-order valence-electron chi connectivity index (χ4n) is 1.59. The smallest absolute Gasteiger partial charge is 0.305 e. The Morgan fingerprint density at radius 1 is 1.21 bits per heavy atom. The van der Waals surface area contributed by atoms with Crippen LogP contribution in [0.25, 0.3) is 11.3 Å². The number of aliphatic carboxylic acids is 1. The summed E-state index contributed by atoms with van der Waals surface area (Å²) in [4.78, 5) is 22.0. The van der Waals surface area contributed by atoms with E-state index in [1.165, 1.54) is 24.3 Å². The fourth-order valence-corrected chi connectivity index (χ4v) is 1.59. The summed E-state index contributed by atoms with van der Waals surface area (Å²) in [6, 6.07) is 8.52. The molecule has 0 bridgehead atoms. The van der Waals surface area contributed by atoms with Crippen LogP contribution in [-0.2, 0) is 11.3 Å². The van der Waals surface area contributed by atoms with E-state index in [9.17, 15) is 14.0 Å². The number of carboxylic acids is 1. The van der Waals surface area contributed by atoms with E-state index >= 15 is 0 Å². The molecule has 0 aliphatic carbocycles. The molecule has 0 radical (unpaired) electrons. The zero-order valence-electron chi connectivity index (χ0n) is 9.91. The van der Waals surface area contributed by atoms with Crippen molar-refractivity contribution < 1.29 is 14.3 Å². The summed E-state index contributed by atoms with van der Waals surface area (Å²) < 4.78 is 13.9.